The number of hydrogen-bond acceptors (Lipinski definition) is 7. The number of ether oxygens (including phenoxy) is 2. The van der Waals surface area contributed by atoms with Gasteiger partial charge in [-0.15, -0.1) is 0 Å². The van der Waals surface area contributed by atoms with Crippen LogP contribution < -0.4 is 10.5 Å². The number of carbonyl (C=O) groups excluding carboxylic acids is 1. The summed E-state index contributed by atoms with van der Waals surface area (Å²) in [5, 5.41) is 7.87. The number of benzene rings is 2. The van der Waals surface area contributed by atoms with Crippen LogP contribution in [0.5, 0.6) is 5.75 Å². The van der Waals surface area contributed by atoms with Gasteiger partial charge in [-0.05, 0) is 61.4 Å². The van der Waals surface area contributed by atoms with Gasteiger partial charge in [0.05, 0.1) is 19.1 Å². The van der Waals surface area contributed by atoms with Crippen LogP contribution in [-0.4, -0.2) is 32.3 Å². The van der Waals surface area contributed by atoms with Crippen molar-refractivity contribution in [1.82, 2.24) is 19.7 Å². The van der Waals surface area contributed by atoms with E-state index in [0.717, 1.165) is 57.0 Å². The molecule has 2 aromatic carbocycles. The number of aromatic nitrogens is 4. The Bertz CT molecular complexity index is 1640. The van der Waals surface area contributed by atoms with E-state index in [0.29, 0.717) is 24.2 Å². The maximum Gasteiger partial charge on any atom is 0.310 e. The largest absolute Gasteiger partial charge is 0.487 e. The molecule has 3 aromatic heterocycles. The SMILES string of the molecule is CCOC(=O)Cc1ccccc1OCc1nn(C2CCC2)c2ncc(-c3ccc4ccnc(N)c4c3)cc12. The van der Waals surface area contributed by atoms with Crippen LogP contribution in [0.1, 0.15) is 43.5 Å². The van der Waals surface area contributed by atoms with Crippen LogP contribution in [0.2, 0.25) is 0 Å². The first-order valence-corrected chi connectivity index (χ1v) is 13.0. The van der Waals surface area contributed by atoms with E-state index in [-0.39, 0.29) is 19.0 Å². The lowest BCUT2D eigenvalue weighted by atomic mass is 9.93. The molecule has 0 saturated heterocycles. The lowest BCUT2D eigenvalue weighted by molar-refractivity contribution is -0.142. The molecule has 1 aliphatic carbocycles. The summed E-state index contributed by atoms with van der Waals surface area (Å²) in [4.78, 5) is 21.2. The molecule has 192 valence electrons. The number of rotatable bonds is 8. The summed E-state index contributed by atoms with van der Waals surface area (Å²) in [6.45, 7) is 2.41. The van der Waals surface area contributed by atoms with Crippen molar-refractivity contribution < 1.29 is 14.3 Å². The second kappa shape index (κ2) is 10.1. The van der Waals surface area contributed by atoms with Crippen LogP contribution in [0.15, 0.2) is 67.0 Å². The van der Waals surface area contributed by atoms with Crippen molar-refractivity contribution in [2.24, 2.45) is 0 Å². The van der Waals surface area contributed by atoms with Gasteiger partial charge in [-0.1, -0.05) is 30.3 Å². The fraction of sp³-hybridized carbons (Fsp3) is 0.267. The van der Waals surface area contributed by atoms with Crippen LogP contribution in [-0.2, 0) is 22.6 Å². The zero-order valence-electron chi connectivity index (χ0n) is 21.3. The highest BCUT2D eigenvalue weighted by Gasteiger charge is 2.25. The van der Waals surface area contributed by atoms with Gasteiger partial charge >= 0.3 is 5.97 Å². The molecule has 6 rings (SSSR count). The van der Waals surface area contributed by atoms with Gasteiger partial charge in [-0.2, -0.15) is 5.10 Å². The summed E-state index contributed by atoms with van der Waals surface area (Å²) < 4.78 is 13.4. The molecule has 38 heavy (non-hydrogen) atoms. The number of para-hydroxylation sites is 1. The summed E-state index contributed by atoms with van der Waals surface area (Å²) in [5.41, 5.74) is 10.6. The molecule has 0 unspecified atom stereocenters. The number of nitrogens with two attached hydrogens (primary N) is 1. The van der Waals surface area contributed by atoms with Gasteiger partial charge in [0.25, 0.3) is 0 Å². The highest BCUT2D eigenvalue weighted by atomic mass is 16.5. The van der Waals surface area contributed by atoms with Gasteiger partial charge in [0.1, 0.15) is 23.9 Å². The predicted octanol–water partition coefficient (Wildman–Crippen LogP) is 5.64. The first-order valence-electron chi connectivity index (χ1n) is 13.0. The van der Waals surface area contributed by atoms with Gasteiger partial charge in [0.2, 0.25) is 0 Å². The van der Waals surface area contributed by atoms with Crippen LogP contribution in [0.4, 0.5) is 5.82 Å². The highest BCUT2D eigenvalue weighted by Crippen LogP contribution is 2.36. The molecule has 0 amide bonds. The van der Waals surface area contributed by atoms with E-state index in [9.17, 15) is 4.79 Å². The summed E-state index contributed by atoms with van der Waals surface area (Å²) >= 11 is 0. The van der Waals surface area contributed by atoms with Gasteiger partial charge in [-0.25, -0.2) is 14.6 Å². The Kier molecular flexibility index (Phi) is 6.37. The second-order valence-electron chi connectivity index (χ2n) is 9.58. The van der Waals surface area contributed by atoms with E-state index in [4.69, 9.17) is 25.3 Å². The molecule has 1 fully saturated rings. The van der Waals surface area contributed by atoms with Crippen LogP contribution in [0.3, 0.4) is 0 Å². The topological polar surface area (TPSA) is 105 Å². The maximum absolute atomic E-state index is 12.1. The Labute approximate surface area is 220 Å². The molecule has 1 aliphatic rings. The summed E-state index contributed by atoms with van der Waals surface area (Å²) in [6, 6.07) is 18.2. The Hall–Kier alpha value is -4.46. The Morgan fingerprint density at radius 3 is 2.71 bits per heavy atom. The van der Waals surface area contributed by atoms with Gasteiger partial charge in [-0.3, -0.25) is 4.79 Å². The summed E-state index contributed by atoms with van der Waals surface area (Å²) in [6.07, 6.45) is 7.17. The molecule has 3 heterocycles. The van der Waals surface area contributed by atoms with Gasteiger partial charge in [0, 0.05) is 34.3 Å². The Balaban J connectivity index is 1.35. The molecule has 8 nitrogen and oxygen atoms in total. The predicted molar refractivity (Wildman–Crippen MR) is 147 cm³/mol. The number of carbonyl (C=O) groups is 1. The normalized spacial score (nSPS) is 13.5. The third-order valence-electron chi connectivity index (χ3n) is 7.15. The van der Waals surface area contributed by atoms with Gasteiger partial charge in [0.15, 0.2) is 5.65 Å². The van der Waals surface area contributed by atoms with Gasteiger partial charge < -0.3 is 15.2 Å². The molecule has 0 radical (unpaired) electrons. The molecule has 8 heteroatoms. The van der Waals surface area contributed by atoms with Crippen LogP contribution in [0, 0.1) is 0 Å². The fourth-order valence-corrected chi connectivity index (χ4v) is 4.91. The third kappa shape index (κ3) is 4.53. The summed E-state index contributed by atoms with van der Waals surface area (Å²) in [5.74, 6) is 0.878. The van der Waals surface area contributed by atoms with Crippen molar-refractivity contribution >= 4 is 33.6 Å². The van der Waals surface area contributed by atoms with E-state index in [1.165, 1.54) is 6.42 Å². The number of nitrogens with zero attached hydrogens (tertiary/aromatic N) is 4. The number of pyridine rings is 2. The minimum atomic E-state index is -0.275. The number of esters is 1. The zero-order chi connectivity index (χ0) is 26.1. The second-order valence-corrected chi connectivity index (χ2v) is 9.58. The molecule has 5 aromatic rings. The van der Waals surface area contributed by atoms with E-state index in [2.05, 4.69) is 29.2 Å². The van der Waals surface area contributed by atoms with Crippen molar-refractivity contribution in [3.63, 3.8) is 0 Å². The first kappa shape index (κ1) is 23.9. The van der Waals surface area contributed by atoms with E-state index >= 15 is 0 Å². The average molecular weight is 508 g/mol. The molecule has 0 atom stereocenters. The molecular formula is C30H29N5O3. The molecular weight excluding hydrogens is 478 g/mol. The molecule has 2 N–H and O–H groups in total. The fourth-order valence-electron chi connectivity index (χ4n) is 4.91. The minimum absolute atomic E-state index is 0.160. The number of nitrogen functional groups attached to an aromatic ring is 1. The van der Waals surface area contributed by atoms with Crippen molar-refractivity contribution in [3.05, 3.63) is 78.2 Å². The first-order chi connectivity index (χ1) is 18.6. The average Bonchev–Trinajstić information content (AvgIpc) is 3.24. The van der Waals surface area contributed by atoms with E-state index < -0.39 is 0 Å². The maximum atomic E-state index is 12.1. The van der Waals surface area contributed by atoms with Crippen molar-refractivity contribution in [1.29, 1.82) is 0 Å². The zero-order valence-corrected chi connectivity index (χ0v) is 21.3. The monoisotopic (exact) mass is 507 g/mol. The standard InChI is InChI=1S/C30H29N5O3/c1-2-37-28(36)16-21-6-3-4-9-27(21)38-18-26-25-15-22(17-33-30(25)35(34-26)23-7-5-8-23)20-11-10-19-12-13-32-29(31)24(19)14-20/h3-4,6,9-15,17,23H,2,5,7-8,16,18H2,1H3,(H2,31,32). The van der Waals surface area contributed by atoms with Crippen LogP contribution in [0.25, 0.3) is 32.9 Å². The Morgan fingerprint density at radius 2 is 1.89 bits per heavy atom. The number of hydrogen-bond donors (Lipinski definition) is 1. The number of fused-ring (bicyclic) bond motifs is 2. The summed E-state index contributed by atoms with van der Waals surface area (Å²) in [7, 11) is 0. The molecule has 1 saturated carbocycles. The lowest BCUT2D eigenvalue weighted by Gasteiger charge is -2.25. The quantitative estimate of drug-likeness (QED) is 0.271. The number of anilines is 1. The minimum Gasteiger partial charge on any atom is -0.487 e. The highest BCUT2D eigenvalue weighted by molar-refractivity contribution is 5.95. The third-order valence-corrected chi connectivity index (χ3v) is 7.15. The van der Waals surface area contributed by atoms with E-state index in [1.54, 1.807) is 13.1 Å². The molecule has 0 spiro atoms. The smallest absolute Gasteiger partial charge is 0.310 e. The van der Waals surface area contributed by atoms with E-state index in [1.807, 2.05) is 41.2 Å². The molecule has 0 bridgehead atoms. The van der Waals surface area contributed by atoms with Crippen molar-refractivity contribution in [2.75, 3.05) is 12.3 Å². The van der Waals surface area contributed by atoms with Crippen molar-refractivity contribution in [3.8, 4) is 16.9 Å². The lowest BCUT2D eigenvalue weighted by Crippen LogP contribution is -2.18. The van der Waals surface area contributed by atoms with Crippen molar-refractivity contribution in [2.45, 2.75) is 45.3 Å². The Morgan fingerprint density at radius 1 is 1.05 bits per heavy atom. The molecule has 0 aliphatic heterocycles. The van der Waals surface area contributed by atoms with Crippen LogP contribution >= 0.6 is 0 Å².